The Kier molecular flexibility index (Phi) is 4.41. The molecule has 4 saturated heterocycles. The molecule has 2 aromatic carbocycles. The Balaban J connectivity index is 1.50. The van der Waals surface area contributed by atoms with Crippen LogP contribution in [-0.4, -0.2) is 41.5 Å². The molecular weight excluding hydrogens is 356 g/mol. The van der Waals surface area contributed by atoms with Gasteiger partial charge in [0.2, 0.25) is 0 Å². The van der Waals surface area contributed by atoms with Crippen LogP contribution in [0.2, 0.25) is 0 Å². The zero-order valence-electron chi connectivity index (χ0n) is 15.7. The van der Waals surface area contributed by atoms with Gasteiger partial charge in [0.15, 0.2) is 11.6 Å². The summed E-state index contributed by atoms with van der Waals surface area (Å²) in [5.74, 6) is -0.869. The first-order valence-corrected chi connectivity index (χ1v) is 10.1. The van der Waals surface area contributed by atoms with Crippen molar-refractivity contribution >= 4 is 0 Å². The molecule has 4 heterocycles. The van der Waals surface area contributed by atoms with Gasteiger partial charge in [-0.15, -0.1) is 0 Å². The predicted molar refractivity (Wildman–Crippen MR) is 103 cm³/mol. The third-order valence-corrected chi connectivity index (χ3v) is 6.92. The molecule has 0 aromatic heterocycles. The fraction of sp³-hybridized carbons (Fsp3) is 0.435. The molecule has 4 aliphatic heterocycles. The van der Waals surface area contributed by atoms with Crippen LogP contribution < -0.4 is 0 Å². The number of nitrogens with zero attached hydrogens (tertiary/aromatic N) is 3. The molecule has 5 heteroatoms. The van der Waals surface area contributed by atoms with Gasteiger partial charge in [-0.25, -0.2) is 8.78 Å². The maximum Gasteiger partial charge on any atom is 0.162 e. The van der Waals surface area contributed by atoms with E-state index in [0.717, 1.165) is 31.7 Å². The lowest BCUT2D eigenvalue weighted by Gasteiger charge is -2.51. The quantitative estimate of drug-likeness (QED) is 0.810. The van der Waals surface area contributed by atoms with Crippen LogP contribution in [0.4, 0.5) is 8.78 Å². The summed E-state index contributed by atoms with van der Waals surface area (Å²) >= 11 is 0. The van der Waals surface area contributed by atoms with E-state index < -0.39 is 11.6 Å². The number of piperidine rings is 3. The number of fused-ring (bicyclic) bond motifs is 2. The Morgan fingerprint density at radius 1 is 1.04 bits per heavy atom. The average Bonchev–Trinajstić information content (AvgIpc) is 3.12. The first-order chi connectivity index (χ1) is 13.7. The fourth-order valence-electron chi connectivity index (χ4n) is 5.78. The number of nitriles is 1. The minimum atomic E-state index is -0.759. The molecule has 4 aliphatic rings. The third kappa shape index (κ3) is 2.83. The van der Waals surface area contributed by atoms with Crippen LogP contribution in [0, 0.1) is 28.9 Å². The fourth-order valence-corrected chi connectivity index (χ4v) is 5.78. The summed E-state index contributed by atoms with van der Waals surface area (Å²) in [6, 6.07) is 15.1. The Labute approximate surface area is 164 Å². The third-order valence-electron chi connectivity index (χ3n) is 6.92. The lowest BCUT2D eigenvalue weighted by atomic mass is 9.75. The minimum absolute atomic E-state index is 0.0250. The van der Waals surface area contributed by atoms with Crippen molar-refractivity contribution in [2.24, 2.45) is 5.92 Å². The van der Waals surface area contributed by atoms with Gasteiger partial charge in [-0.2, -0.15) is 5.26 Å². The van der Waals surface area contributed by atoms with Crippen molar-refractivity contribution in [3.63, 3.8) is 0 Å². The Morgan fingerprint density at radius 2 is 1.82 bits per heavy atom. The normalized spacial score (nSPS) is 31.5. The average molecular weight is 379 g/mol. The number of hydrogen-bond acceptors (Lipinski definition) is 3. The second kappa shape index (κ2) is 6.95. The summed E-state index contributed by atoms with van der Waals surface area (Å²) in [6.45, 7) is 3.57. The molecule has 2 aromatic rings. The highest BCUT2D eigenvalue weighted by molar-refractivity contribution is 5.34. The summed E-state index contributed by atoms with van der Waals surface area (Å²) in [7, 11) is 0. The minimum Gasteiger partial charge on any atom is -0.298 e. The molecule has 2 bridgehead atoms. The molecule has 0 amide bonds. The molecule has 144 valence electrons. The van der Waals surface area contributed by atoms with E-state index in [1.807, 2.05) is 24.3 Å². The highest BCUT2D eigenvalue weighted by atomic mass is 19.2. The van der Waals surface area contributed by atoms with E-state index in [9.17, 15) is 14.0 Å². The van der Waals surface area contributed by atoms with Crippen LogP contribution in [0.1, 0.15) is 35.4 Å². The first-order valence-electron chi connectivity index (χ1n) is 10.1. The van der Waals surface area contributed by atoms with Crippen molar-refractivity contribution in [1.82, 2.24) is 9.80 Å². The molecule has 0 saturated carbocycles. The van der Waals surface area contributed by atoms with Crippen molar-refractivity contribution in [3.05, 3.63) is 70.8 Å². The van der Waals surface area contributed by atoms with Gasteiger partial charge in [0, 0.05) is 31.1 Å². The van der Waals surface area contributed by atoms with Crippen LogP contribution in [0.5, 0.6) is 0 Å². The van der Waals surface area contributed by atoms with E-state index in [1.165, 1.54) is 18.9 Å². The number of benzene rings is 2. The Bertz CT molecular complexity index is 930. The van der Waals surface area contributed by atoms with E-state index in [4.69, 9.17) is 0 Å². The van der Waals surface area contributed by atoms with Crippen LogP contribution in [0.15, 0.2) is 42.5 Å². The molecule has 4 fully saturated rings. The van der Waals surface area contributed by atoms with Crippen LogP contribution in [0.25, 0.3) is 0 Å². The molecule has 0 aliphatic carbocycles. The summed E-state index contributed by atoms with van der Waals surface area (Å²) in [6.07, 6.45) is 2.35. The number of halogens is 2. The van der Waals surface area contributed by atoms with E-state index in [1.54, 1.807) is 12.1 Å². The highest BCUT2D eigenvalue weighted by Gasteiger charge is 2.53. The van der Waals surface area contributed by atoms with E-state index in [0.29, 0.717) is 23.1 Å². The monoisotopic (exact) mass is 379 g/mol. The van der Waals surface area contributed by atoms with E-state index >= 15 is 0 Å². The van der Waals surface area contributed by atoms with Gasteiger partial charge in [0.1, 0.15) is 0 Å². The zero-order chi connectivity index (χ0) is 19.3. The van der Waals surface area contributed by atoms with Gasteiger partial charge in [-0.05, 0) is 61.2 Å². The SMILES string of the molecule is N#Cc1cccc(CN2C[C@@H](c3cccc(F)c3F)[C@@H]3[C@H]2C2CCN3CC2)c1. The lowest BCUT2D eigenvalue weighted by Crippen LogP contribution is -2.60. The smallest absolute Gasteiger partial charge is 0.162 e. The molecule has 6 rings (SSSR count). The largest absolute Gasteiger partial charge is 0.298 e. The van der Waals surface area contributed by atoms with Gasteiger partial charge in [-0.1, -0.05) is 24.3 Å². The molecule has 0 radical (unpaired) electrons. The standard InChI is InChI=1S/C23H23F2N3/c24-20-6-2-5-18(21(20)25)19-14-28(13-16-4-1-3-15(11-16)12-26)22-17-7-9-27(10-8-17)23(19)22/h1-6,11,17,19,22-23H,7-10,13-14H2/t19-,22+,23+/m0/s1. The van der Waals surface area contributed by atoms with Crippen molar-refractivity contribution < 1.29 is 8.78 Å². The van der Waals surface area contributed by atoms with Gasteiger partial charge in [-0.3, -0.25) is 9.80 Å². The summed E-state index contributed by atoms with van der Waals surface area (Å²) in [5.41, 5.74) is 2.28. The summed E-state index contributed by atoms with van der Waals surface area (Å²) < 4.78 is 28.6. The van der Waals surface area contributed by atoms with Crippen molar-refractivity contribution in [1.29, 1.82) is 5.26 Å². The molecule has 28 heavy (non-hydrogen) atoms. The van der Waals surface area contributed by atoms with Crippen LogP contribution in [0.3, 0.4) is 0 Å². The molecule has 3 nitrogen and oxygen atoms in total. The Hall–Kier alpha value is -2.29. The maximum atomic E-state index is 14.7. The number of hydrogen-bond donors (Lipinski definition) is 0. The predicted octanol–water partition coefficient (Wildman–Crippen LogP) is 3.90. The second-order valence-corrected chi connectivity index (χ2v) is 8.35. The zero-order valence-corrected chi connectivity index (χ0v) is 15.7. The summed E-state index contributed by atoms with van der Waals surface area (Å²) in [5, 5.41) is 9.20. The first kappa shape index (κ1) is 17.8. The molecular formula is C23H23F2N3. The molecule has 0 unspecified atom stereocenters. The molecule has 0 spiro atoms. The summed E-state index contributed by atoms with van der Waals surface area (Å²) in [4.78, 5) is 4.94. The van der Waals surface area contributed by atoms with Gasteiger partial charge in [0.25, 0.3) is 0 Å². The van der Waals surface area contributed by atoms with Gasteiger partial charge >= 0.3 is 0 Å². The van der Waals surface area contributed by atoms with Crippen molar-refractivity contribution in [3.8, 4) is 6.07 Å². The van der Waals surface area contributed by atoms with Crippen molar-refractivity contribution in [2.75, 3.05) is 19.6 Å². The molecule has 3 atom stereocenters. The van der Waals surface area contributed by atoms with Crippen molar-refractivity contribution in [2.45, 2.75) is 37.4 Å². The topological polar surface area (TPSA) is 30.3 Å². The maximum absolute atomic E-state index is 14.7. The van der Waals surface area contributed by atoms with Crippen LogP contribution in [-0.2, 0) is 6.54 Å². The molecule has 0 N–H and O–H groups in total. The van der Waals surface area contributed by atoms with Crippen LogP contribution >= 0.6 is 0 Å². The highest BCUT2D eigenvalue weighted by Crippen LogP contribution is 2.47. The van der Waals surface area contributed by atoms with Gasteiger partial charge in [0.05, 0.1) is 11.6 Å². The second-order valence-electron chi connectivity index (χ2n) is 8.35. The number of likely N-dealkylation sites (tertiary alicyclic amines) is 1. The van der Waals surface area contributed by atoms with E-state index in [-0.39, 0.29) is 12.0 Å². The van der Waals surface area contributed by atoms with Gasteiger partial charge < -0.3 is 0 Å². The number of rotatable bonds is 3. The van der Waals surface area contributed by atoms with E-state index in [2.05, 4.69) is 15.9 Å². The lowest BCUT2D eigenvalue weighted by molar-refractivity contribution is -0.00888. The Morgan fingerprint density at radius 3 is 2.61 bits per heavy atom.